The monoisotopic (exact) mass is 238 g/mol. The second-order valence-corrected chi connectivity index (χ2v) is 6.37. The predicted octanol–water partition coefficient (Wildman–Crippen LogP) is 2.99. The average molecular weight is 238 g/mol. The molecule has 2 N–H and O–H groups in total. The van der Waals surface area contributed by atoms with E-state index in [1.54, 1.807) is 6.92 Å². The van der Waals surface area contributed by atoms with E-state index in [9.17, 15) is 0 Å². The Morgan fingerprint density at radius 1 is 1.41 bits per heavy atom. The van der Waals surface area contributed by atoms with Crippen LogP contribution in [-0.4, -0.2) is 18.2 Å². The lowest BCUT2D eigenvalue weighted by molar-refractivity contribution is 0.00202. The highest BCUT2D eigenvalue weighted by molar-refractivity contribution is 5.00. The third-order valence-corrected chi connectivity index (χ3v) is 3.74. The Morgan fingerprint density at radius 3 is 2.53 bits per heavy atom. The van der Waals surface area contributed by atoms with Crippen molar-refractivity contribution in [3.8, 4) is 6.07 Å². The molecule has 3 heteroatoms. The minimum Gasteiger partial charge on any atom is -0.378 e. The summed E-state index contributed by atoms with van der Waals surface area (Å²) in [5, 5.41) is 8.78. The Labute approximate surface area is 105 Å². The zero-order valence-corrected chi connectivity index (χ0v) is 11.5. The van der Waals surface area contributed by atoms with E-state index in [1.807, 2.05) is 0 Å². The van der Waals surface area contributed by atoms with E-state index in [1.165, 1.54) is 25.7 Å². The smallest absolute Gasteiger partial charge is 0.101 e. The van der Waals surface area contributed by atoms with Crippen LogP contribution in [0.4, 0.5) is 0 Å². The molecule has 1 rings (SSSR count). The molecular weight excluding hydrogens is 212 g/mol. The van der Waals surface area contributed by atoms with Gasteiger partial charge in [-0.15, -0.1) is 0 Å². The summed E-state index contributed by atoms with van der Waals surface area (Å²) in [6.45, 7) is 7.17. The normalized spacial score (nSPS) is 23.9. The maximum atomic E-state index is 8.78. The molecule has 0 bridgehead atoms. The molecule has 0 aromatic rings. The number of hydrogen-bond donors (Lipinski definition) is 1. The molecule has 0 radical (unpaired) electrons. The Hall–Kier alpha value is -0.590. The third-order valence-electron chi connectivity index (χ3n) is 3.74. The van der Waals surface area contributed by atoms with E-state index < -0.39 is 5.54 Å². The molecule has 1 aliphatic carbocycles. The maximum absolute atomic E-state index is 8.78. The van der Waals surface area contributed by atoms with E-state index in [4.69, 9.17) is 15.7 Å². The van der Waals surface area contributed by atoms with Crippen LogP contribution in [0.15, 0.2) is 0 Å². The van der Waals surface area contributed by atoms with Crippen molar-refractivity contribution in [1.29, 1.82) is 5.26 Å². The van der Waals surface area contributed by atoms with Crippen LogP contribution in [0.5, 0.6) is 0 Å². The zero-order valence-electron chi connectivity index (χ0n) is 11.5. The molecule has 0 aromatic carbocycles. The Bertz CT molecular complexity index is 268. The minimum absolute atomic E-state index is 0.425. The van der Waals surface area contributed by atoms with Crippen LogP contribution >= 0.6 is 0 Å². The predicted molar refractivity (Wildman–Crippen MR) is 69.4 cm³/mol. The van der Waals surface area contributed by atoms with Crippen LogP contribution in [0.25, 0.3) is 0 Å². The Balaban J connectivity index is 2.11. The van der Waals surface area contributed by atoms with Crippen LogP contribution in [0.2, 0.25) is 0 Å². The summed E-state index contributed by atoms with van der Waals surface area (Å²) in [4.78, 5) is 0. The first kappa shape index (κ1) is 14.5. The van der Waals surface area contributed by atoms with Crippen molar-refractivity contribution in [3.05, 3.63) is 0 Å². The third kappa shape index (κ3) is 5.52. The first-order valence-electron chi connectivity index (χ1n) is 6.66. The van der Waals surface area contributed by atoms with Gasteiger partial charge in [0.2, 0.25) is 0 Å². The van der Waals surface area contributed by atoms with Crippen LogP contribution in [0, 0.1) is 16.7 Å². The van der Waals surface area contributed by atoms with E-state index in [0.717, 1.165) is 13.0 Å². The van der Waals surface area contributed by atoms with E-state index in [2.05, 4.69) is 19.9 Å². The quantitative estimate of drug-likeness (QED) is 0.749. The van der Waals surface area contributed by atoms with Gasteiger partial charge in [0.15, 0.2) is 0 Å². The van der Waals surface area contributed by atoms with Gasteiger partial charge in [-0.25, -0.2) is 0 Å². The maximum Gasteiger partial charge on any atom is 0.101 e. The van der Waals surface area contributed by atoms with E-state index in [-0.39, 0.29) is 0 Å². The van der Waals surface area contributed by atoms with Gasteiger partial charge in [-0.1, -0.05) is 13.8 Å². The molecule has 0 heterocycles. The highest BCUT2D eigenvalue weighted by Crippen LogP contribution is 2.36. The van der Waals surface area contributed by atoms with Gasteiger partial charge in [-0.3, -0.25) is 0 Å². The highest BCUT2D eigenvalue weighted by Gasteiger charge is 2.27. The van der Waals surface area contributed by atoms with Crippen LogP contribution < -0.4 is 5.73 Å². The molecule has 0 aliphatic heterocycles. The number of nitrogens with two attached hydrogens (primary N) is 1. The molecule has 0 spiro atoms. The minimum atomic E-state index is -0.697. The van der Waals surface area contributed by atoms with Gasteiger partial charge >= 0.3 is 0 Å². The number of nitriles is 1. The van der Waals surface area contributed by atoms with Crippen molar-refractivity contribution in [1.82, 2.24) is 0 Å². The summed E-state index contributed by atoms with van der Waals surface area (Å²) in [6.07, 6.45) is 6.86. The molecule has 1 fully saturated rings. The lowest BCUT2D eigenvalue weighted by Gasteiger charge is -2.34. The summed E-state index contributed by atoms with van der Waals surface area (Å²) < 4.78 is 5.85. The van der Waals surface area contributed by atoms with Gasteiger partial charge in [0.25, 0.3) is 0 Å². The van der Waals surface area contributed by atoms with Crippen molar-refractivity contribution < 1.29 is 4.74 Å². The fourth-order valence-electron chi connectivity index (χ4n) is 2.28. The molecule has 1 saturated carbocycles. The number of hydrogen-bond acceptors (Lipinski definition) is 3. The highest BCUT2D eigenvalue weighted by atomic mass is 16.5. The fourth-order valence-corrected chi connectivity index (χ4v) is 2.28. The zero-order chi connectivity index (χ0) is 12.9. The molecule has 1 atom stereocenters. The van der Waals surface area contributed by atoms with Gasteiger partial charge in [0.05, 0.1) is 12.2 Å². The van der Waals surface area contributed by atoms with Gasteiger partial charge in [0, 0.05) is 6.61 Å². The van der Waals surface area contributed by atoms with Crippen molar-refractivity contribution in [2.24, 2.45) is 11.1 Å². The lowest BCUT2D eigenvalue weighted by atomic mass is 9.76. The van der Waals surface area contributed by atoms with Gasteiger partial charge < -0.3 is 10.5 Å². The molecular formula is C14H26N2O. The van der Waals surface area contributed by atoms with Crippen LogP contribution in [-0.2, 0) is 4.74 Å². The lowest BCUT2D eigenvalue weighted by Crippen LogP contribution is -2.34. The number of nitrogens with zero attached hydrogens (tertiary/aromatic N) is 1. The molecule has 0 aromatic heterocycles. The average Bonchev–Trinajstić information content (AvgIpc) is 2.26. The van der Waals surface area contributed by atoms with Gasteiger partial charge in [-0.2, -0.15) is 5.26 Å². The van der Waals surface area contributed by atoms with Crippen LogP contribution in [0.1, 0.15) is 59.3 Å². The first-order valence-corrected chi connectivity index (χ1v) is 6.66. The summed E-state index contributed by atoms with van der Waals surface area (Å²) >= 11 is 0. The Morgan fingerprint density at radius 2 is 2.00 bits per heavy atom. The molecule has 1 unspecified atom stereocenters. The van der Waals surface area contributed by atoms with Crippen molar-refractivity contribution in [2.45, 2.75) is 70.9 Å². The van der Waals surface area contributed by atoms with Crippen molar-refractivity contribution in [2.75, 3.05) is 6.61 Å². The van der Waals surface area contributed by atoms with Gasteiger partial charge in [0.1, 0.15) is 5.54 Å². The molecule has 1 aliphatic rings. The SMILES string of the molecule is CC(N)(C#N)CCCOC1CCC(C)(C)CC1. The summed E-state index contributed by atoms with van der Waals surface area (Å²) in [5.74, 6) is 0. The van der Waals surface area contributed by atoms with Crippen molar-refractivity contribution >= 4 is 0 Å². The standard InChI is InChI=1S/C14H26N2O/c1-13(2)8-5-12(6-9-13)17-10-4-7-14(3,16)11-15/h12H,4-10,16H2,1-3H3. The largest absolute Gasteiger partial charge is 0.378 e. The number of rotatable bonds is 5. The van der Waals surface area contributed by atoms with Crippen molar-refractivity contribution in [3.63, 3.8) is 0 Å². The second-order valence-electron chi connectivity index (χ2n) is 6.37. The molecule has 17 heavy (non-hydrogen) atoms. The van der Waals surface area contributed by atoms with Gasteiger partial charge in [-0.05, 0) is 50.9 Å². The molecule has 98 valence electrons. The fraction of sp³-hybridized carbons (Fsp3) is 0.929. The Kier molecular flexibility index (Phi) is 4.97. The topological polar surface area (TPSA) is 59.0 Å². The van der Waals surface area contributed by atoms with E-state index >= 15 is 0 Å². The summed E-state index contributed by atoms with van der Waals surface area (Å²) in [7, 11) is 0. The number of ether oxygens (including phenoxy) is 1. The summed E-state index contributed by atoms with van der Waals surface area (Å²) in [5.41, 5.74) is 5.55. The molecule has 0 saturated heterocycles. The molecule has 3 nitrogen and oxygen atoms in total. The second kappa shape index (κ2) is 5.84. The molecule has 0 amide bonds. The first-order chi connectivity index (χ1) is 7.85. The summed E-state index contributed by atoms with van der Waals surface area (Å²) in [6, 6.07) is 2.11. The van der Waals surface area contributed by atoms with E-state index in [0.29, 0.717) is 17.9 Å². The van der Waals surface area contributed by atoms with Crippen LogP contribution in [0.3, 0.4) is 0 Å².